The number of likely N-dealkylation sites (N-methyl/N-ethyl adjacent to an activating group) is 1. The largest absolute Gasteiger partial charge is 0.492 e. The summed E-state index contributed by atoms with van der Waals surface area (Å²) >= 11 is 0. The highest BCUT2D eigenvalue weighted by Crippen LogP contribution is 2.13. The summed E-state index contributed by atoms with van der Waals surface area (Å²) in [5.74, 6) is 0.957. The normalized spacial score (nSPS) is 21.5. The SMILES string of the molecule is Cc1cccc(OCCN2CCN(C)CC2CN)c1. The van der Waals surface area contributed by atoms with Crippen LogP contribution in [0.3, 0.4) is 0 Å². The number of ether oxygens (including phenoxy) is 1. The van der Waals surface area contributed by atoms with Crippen molar-refractivity contribution in [2.75, 3.05) is 46.4 Å². The predicted octanol–water partition coefficient (Wildman–Crippen LogP) is 0.949. The lowest BCUT2D eigenvalue weighted by Crippen LogP contribution is -2.55. The van der Waals surface area contributed by atoms with E-state index in [9.17, 15) is 0 Å². The lowest BCUT2D eigenvalue weighted by atomic mass is 10.2. The van der Waals surface area contributed by atoms with E-state index in [2.05, 4.69) is 35.9 Å². The molecule has 4 heteroatoms. The van der Waals surface area contributed by atoms with E-state index in [1.807, 2.05) is 12.1 Å². The molecule has 0 amide bonds. The van der Waals surface area contributed by atoms with E-state index >= 15 is 0 Å². The van der Waals surface area contributed by atoms with Gasteiger partial charge in [0, 0.05) is 38.8 Å². The van der Waals surface area contributed by atoms with Crippen molar-refractivity contribution in [3.8, 4) is 5.75 Å². The molecule has 19 heavy (non-hydrogen) atoms. The minimum Gasteiger partial charge on any atom is -0.492 e. The maximum atomic E-state index is 5.85. The Morgan fingerprint density at radius 2 is 2.21 bits per heavy atom. The van der Waals surface area contributed by atoms with Crippen molar-refractivity contribution in [3.05, 3.63) is 29.8 Å². The maximum Gasteiger partial charge on any atom is 0.119 e. The van der Waals surface area contributed by atoms with Gasteiger partial charge in [-0.25, -0.2) is 0 Å². The Kier molecular flexibility index (Phi) is 5.19. The minimum absolute atomic E-state index is 0.458. The van der Waals surface area contributed by atoms with Gasteiger partial charge in [-0.1, -0.05) is 12.1 Å². The molecular weight excluding hydrogens is 238 g/mol. The first kappa shape index (κ1) is 14.3. The van der Waals surface area contributed by atoms with E-state index in [-0.39, 0.29) is 0 Å². The molecule has 1 aliphatic heterocycles. The van der Waals surface area contributed by atoms with Crippen molar-refractivity contribution in [2.45, 2.75) is 13.0 Å². The number of rotatable bonds is 5. The molecule has 1 saturated heterocycles. The predicted molar refractivity (Wildman–Crippen MR) is 78.6 cm³/mol. The standard InChI is InChI=1S/C15H25N3O/c1-13-4-3-5-15(10-13)19-9-8-18-7-6-17(2)12-14(18)11-16/h3-5,10,14H,6-9,11-12,16H2,1-2H3. The monoisotopic (exact) mass is 263 g/mol. The minimum atomic E-state index is 0.458. The van der Waals surface area contributed by atoms with E-state index in [0.29, 0.717) is 6.04 Å². The molecule has 2 rings (SSSR count). The van der Waals surface area contributed by atoms with Gasteiger partial charge in [-0.2, -0.15) is 0 Å². The molecule has 1 aromatic rings. The Morgan fingerprint density at radius 1 is 1.37 bits per heavy atom. The molecule has 0 bridgehead atoms. The first-order valence-corrected chi connectivity index (χ1v) is 7.01. The number of aryl methyl sites for hydroxylation is 1. The Labute approximate surface area is 116 Å². The van der Waals surface area contributed by atoms with Gasteiger partial charge in [-0.05, 0) is 31.7 Å². The van der Waals surface area contributed by atoms with Crippen LogP contribution in [0.1, 0.15) is 5.56 Å². The van der Waals surface area contributed by atoms with Crippen LogP contribution in [0.15, 0.2) is 24.3 Å². The van der Waals surface area contributed by atoms with Crippen LogP contribution in [0.5, 0.6) is 5.75 Å². The smallest absolute Gasteiger partial charge is 0.119 e. The molecule has 1 unspecified atom stereocenters. The van der Waals surface area contributed by atoms with Gasteiger partial charge < -0.3 is 15.4 Å². The molecule has 2 N–H and O–H groups in total. The number of benzene rings is 1. The quantitative estimate of drug-likeness (QED) is 0.859. The highest BCUT2D eigenvalue weighted by Gasteiger charge is 2.23. The molecular formula is C15H25N3O. The van der Waals surface area contributed by atoms with Gasteiger partial charge in [0.25, 0.3) is 0 Å². The Balaban J connectivity index is 1.78. The van der Waals surface area contributed by atoms with Crippen molar-refractivity contribution >= 4 is 0 Å². The third-order valence-electron chi connectivity index (χ3n) is 3.72. The summed E-state index contributed by atoms with van der Waals surface area (Å²) in [5.41, 5.74) is 7.08. The van der Waals surface area contributed by atoms with E-state index in [0.717, 1.165) is 45.1 Å². The van der Waals surface area contributed by atoms with Crippen molar-refractivity contribution in [1.82, 2.24) is 9.80 Å². The first-order valence-electron chi connectivity index (χ1n) is 7.01. The first-order chi connectivity index (χ1) is 9.19. The summed E-state index contributed by atoms with van der Waals surface area (Å²) in [6.07, 6.45) is 0. The maximum absolute atomic E-state index is 5.85. The molecule has 1 aromatic carbocycles. The van der Waals surface area contributed by atoms with E-state index in [4.69, 9.17) is 10.5 Å². The van der Waals surface area contributed by atoms with Gasteiger partial charge >= 0.3 is 0 Å². The zero-order valence-electron chi connectivity index (χ0n) is 12.0. The van der Waals surface area contributed by atoms with E-state index in [1.54, 1.807) is 0 Å². The lowest BCUT2D eigenvalue weighted by Gasteiger charge is -2.39. The summed E-state index contributed by atoms with van der Waals surface area (Å²) in [4.78, 5) is 4.78. The Morgan fingerprint density at radius 3 is 2.95 bits per heavy atom. The average molecular weight is 263 g/mol. The highest BCUT2D eigenvalue weighted by atomic mass is 16.5. The summed E-state index contributed by atoms with van der Waals surface area (Å²) in [6.45, 7) is 7.72. The second-order valence-electron chi connectivity index (χ2n) is 5.35. The van der Waals surface area contributed by atoms with Gasteiger partial charge in [-0.15, -0.1) is 0 Å². The number of hydrogen-bond donors (Lipinski definition) is 1. The third-order valence-corrected chi connectivity index (χ3v) is 3.72. The second kappa shape index (κ2) is 6.89. The lowest BCUT2D eigenvalue weighted by molar-refractivity contribution is 0.0807. The van der Waals surface area contributed by atoms with Gasteiger partial charge in [0.1, 0.15) is 12.4 Å². The molecule has 106 valence electrons. The summed E-state index contributed by atoms with van der Waals surface area (Å²) in [6, 6.07) is 8.66. The average Bonchev–Trinajstić information content (AvgIpc) is 2.40. The summed E-state index contributed by atoms with van der Waals surface area (Å²) in [5, 5.41) is 0. The molecule has 1 atom stereocenters. The fourth-order valence-corrected chi connectivity index (χ4v) is 2.55. The molecule has 1 fully saturated rings. The summed E-state index contributed by atoms with van der Waals surface area (Å²) in [7, 11) is 2.16. The van der Waals surface area contributed by atoms with Crippen LogP contribution in [-0.2, 0) is 0 Å². The second-order valence-corrected chi connectivity index (χ2v) is 5.35. The van der Waals surface area contributed by atoms with Crippen LogP contribution in [0, 0.1) is 6.92 Å². The third kappa shape index (κ3) is 4.20. The van der Waals surface area contributed by atoms with Crippen LogP contribution < -0.4 is 10.5 Å². The summed E-state index contributed by atoms with van der Waals surface area (Å²) < 4.78 is 5.81. The number of nitrogens with zero attached hydrogens (tertiary/aromatic N) is 2. The number of piperazine rings is 1. The van der Waals surface area contributed by atoms with Gasteiger partial charge in [0.2, 0.25) is 0 Å². The number of hydrogen-bond acceptors (Lipinski definition) is 4. The molecule has 0 aliphatic carbocycles. The molecule has 0 saturated carbocycles. The van der Waals surface area contributed by atoms with Gasteiger partial charge in [0.15, 0.2) is 0 Å². The number of nitrogens with two attached hydrogens (primary N) is 1. The fourth-order valence-electron chi connectivity index (χ4n) is 2.55. The Bertz CT molecular complexity index is 397. The van der Waals surface area contributed by atoms with Crippen LogP contribution >= 0.6 is 0 Å². The van der Waals surface area contributed by atoms with Crippen molar-refractivity contribution in [1.29, 1.82) is 0 Å². The van der Waals surface area contributed by atoms with Crippen LogP contribution in [-0.4, -0.2) is 62.2 Å². The highest BCUT2D eigenvalue weighted by molar-refractivity contribution is 5.27. The van der Waals surface area contributed by atoms with Crippen molar-refractivity contribution < 1.29 is 4.74 Å². The Hall–Kier alpha value is -1.10. The molecule has 0 aromatic heterocycles. The zero-order chi connectivity index (χ0) is 13.7. The molecule has 0 radical (unpaired) electrons. The molecule has 1 aliphatic rings. The fraction of sp³-hybridized carbons (Fsp3) is 0.600. The van der Waals surface area contributed by atoms with Crippen LogP contribution in [0.2, 0.25) is 0 Å². The van der Waals surface area contributed by atoms with Gasteiger partial charge in [-0.3, -0.25) is 4.90 Å². The zero-order valence-corrected chi connectivity index (χ0v) is 12.0. The topological polar surface area (TPSA) is 41.7 Å². The molecule has 0 spiro atoms. The van der Waals surface area contributed by atoms with Gasteiger partial charge in [0.05, 0.1) is 0 Å². The van der Waals surface area contributed by atoms with Crippen LogP contribution in [0.4, 0.5) is 0 Å². The van der Waals surface area contributed by atoms with E-state index < -0.39 is 0 Å². The molecule has 1 heterocycles. The van der Waals surface area contributed by atoms with Crippen molar-refractivity contribution in [2.24, 2.45) is 5.73 Å². The van der Waals surface area contributed by atoms with Crippen molar-refractivity contribution in [3.63, 3.8) is 0 Å². The molecule has 4 nitrogen and oxygen atoms in total. The van der Waals surface area contributed by atoms with Crippen LogP contribution in [0.25, 0.3) is 0 Å². The van der Waals surface area contributed by atoms with E-state index in [1.165, 1.54) is 5.56 Å².